The van der Waals surface area contributed by atoms with Crippen LogP contribution in [0.2, 0.25) is 0 Å². The number of hydrogen-bond donors (Lipinski definition) is 1. The molecule has 0 saturated heterocycles. The molecule has 1 atom stereocenters. The molecule has 0 fully saturated rings. The number of nitrogens with one attached hydrogen (secondary N) is 1. The van der Waals surface area contributed by atoms with Crippen molar-refractivity contribution in [2.24, 2.45) is 0 Å². The van der Waals surface area contributed by atoms with Crippen molar-refractivity contribution in [1.29, 1.82) is 0 Å². The number of hydrogen-bond acceptors (Lipinski definition) is 5. The predicted octanol–water partition coefficient (Wildman–Crippen LogP) is 2.24. The molecule has 0 spiro atoms. The summed E-state index contributed by atoms with van der Waals surface area (Å²) < 4.78 is 22.0. The Bertz CT molecular complexity index is 187. The van der Waals surface area contributed by atoms with Gasteiger partial charge in [0.2, 0.25) is 0 Å². The first-order valence-electron chi connectivity index (χ1n) is 8.34. The zero-order valence-corrected chi connectivity index (χ0v) is 14.2. The minimum absolute atomic E-state index is 0.292. The van der Waals surface area contributed by atoms with E-state index in [1.54, 1.807) is 0 Å². The zero-order valence-electron chi connectivity index (χ0n) is 14.2. The molecule has 1 N–H and O–H groups in total. The van der Waals surface area contributed by atoms with Crippen LogP contribution in [0, 0.1) is 0 Å². The molecule has 0 bridgehead atoms. The van der Waals surface area contributed by atoms with E-state index >= 15 is 0 Å². The van der Waals surface area contributed by atoms with Gasteiger partial charge < -0.3 is 24.3 Å². The molecule has 5 nitrogen and oxygen atoms in total. The minimum atomic E-state index is 0.292. The van der Waals surface area contributed by atoms with Crippen LogP contribution in [0.25, 0.3) is 0 Å². The van der Waals surface area contributed by atoms with Gasteiger partial charge in [-0.15, -0.1) is 0 Å². The lowest BCUT2D eigenvalue weighted by Crippen LogP contribution is -2.27. The highest BCUT2D eigenvalue weighted by Crippen LogP contribution is 2.00. The lowest BCUT2D eigenvalue weighted by molar-refractivity contribution is -0.0199. The number of rotatable bonds is 17. The summed E-state index contributed by atoms with van der Waals surface area (Å²) in [4.78, 5) is 0. The molecule has 0 radical (unpaired) electrons. The van der Waals surface area contributed by atoms with Gasteiger partial charge in [-0.3, -0.25) is 0 Å². The molecule has 0 saturated carbocycles. The molecular weight excluding hydrogens is 270 g/mol. The zero-order chi connectivity index (χ0) is 15.6. The third-order valence-electron chi connectivity index (χ3n) is 3.01. The average Bonchev–Trinajstić information content (AvgIpc) is 2.48. The van der Waals surface area contributed by atoms with Crippen molar-refractivity contribution >= 4 is 0 Å². The fourth-order valence-corrected chi connectivity index (χ4v) is 1.86. The summed E-state index contributed by atoms with van der Waals surface area (Å²) in [6.07, 6.45) is 4.81. The van der Waals surface area contributed by atoms with Crippen LogP contribution in [0.1, 0.15) is 39.5 Å². The Kier molecular flexibility index (Phi) is 17.7. The Morgan fingerprint density at radius 3 is 1.86 bits per heavy atom. The summed E-state index contributed by atoms with van der Waals surface area (Å²) in [5, 5.41) is 3.15. The third-order valence-corrected chi connectivity index (χ3v) is 3.01. The number of ether oxygens (including phenoxy) is 4. The van der Waals surface area contributed by atoms with E-state index < -0.39 is 0 Å². The molecule has 0 amide bonds. The second kappa shape index (κ2) is 17.9. The van der Waals surface area contributed by atoms with E-state index in [4.69, 9.17) is 18.9 Å². The van der Waals surface area contributed by atoms with Crippen LogP contribution in [0.15, 0.2) is 0 Å². The van der Waals surface area contributed by atoms with Gasteiger partial charge in [-0.05, 0) is 19.9 Å². The molecule has 0 rings (SSSR count). The minimum Gasteiger partial charge on any atom is -0.379 e. The van der Waals surface area contributed by atoms with E-state index in [-0.39, 0.29) is 0 Å². The van der Waals surface area contributed by atoms with Crippen LogP contribution in [0.5, 0.6) is 0 Å². The second-order valence-corrected chi connectivity index (χ2v) is 5.03. The molecule has 5 heteroatoms. The van der Waals surface area contributed by atoms with Crippen molar-refractivity contribution in [2.75, 3.05) is 59.8 Å². The Hall–Kier alpha value is -0.200. The van der Waals surface area contributed by atoms with Crippen LogP contribution in [0.4, 0.5) is 0 Å². The van der Waals surface area contributed by atoms with Crippen molar-refractivity contribution < 1.29 is 18.9 Å². The van der Waals surface area contributed by atoms with E-state index in [1.165, 1.54) is 6.42 Å². The summed E-state index contributed by atoms with van der Waals surface area (Å²) in [6.45, 7) is 9.88. The average molecular weight is 305 g/mol. The smallest absolute Gasteiger partial charge is 0.0704 e. The predicted molar refractivity (Wildman–Crippen MR) is 85.9 cm³/mol. The molecule has 128 valence electrons. The highest BCUT2D eigenvalue weighted by Gasteiger charge is 2.05. The first-order chi connectivity index (χ1) is 10.3. The molecule has 21 heavy (non-hydrogen) atoms. The van der Waals surface area contributed by atoms with Crippen molar-refractivity contribution in [2.45, 2.75) is 45.6 Å². The van der Waals surface area contributed by atoms with Crippen molar-refractivity contribution in [1.82, 2.24) is 5.32 Å². The number of unbranched alkanes of at least 4 members (excludes halogenated alkanes) is 1. The number of likely N-dealkylation sites (N-methyl/N-ethyl adjacent to an activating group) is 1. The van der Waals surface area contributed by atoms with Gasteiger partial charge in [0, 0.05) is 13.2 Å². The summed E-state index contributed by atoms with van der Waals surface area (Å²) >= 11 is 0. The Morgan fingerprint density at radius 2 is 1.33 bits per heavy atom. The highest BCUT2D eigenvalue weighted by atomic mass is 16.6. The lowest BCUT2D eigenvalue weighted by Gasteiger charge is -2.16. The molecule has 0 aliphatic heterocycles. The Morgan fingerprint density at radius 1 is 0.762 bits per heavy atom. The lowest BCUT2D eigenvalue weighted by atomic mass is 10.2. The summed E-state index contributed by atoms with van der Waals surface area (Å²) in [5.41, 5.74) is 0. The van der Waals surface area contributed by atoms with E-state index in [1.807, 2.05) is 7.05 Å². The quantitative estimate of drug-likeness (QED) is 0.418. The molecule has 1 unspecified atom stereocenters. The van der Waals surface area contributed by atoms with E-state index in [0.717, 1.165) is 32.4 Å². The second-order valence-electron chi connectivity index (χ2n) is 5.03. The topological polar surface area (TPSA) is 49.0 Å². The standard InChI is InChI=1S/C16H35NO4/c1-4-6-8-18-9-10-19-11-12-20-13-14-21-16(7-5-2)15-17-3/h16-17H,4-15H2,1-3H3. The van der Waals surface area contributed by atoms with E-state index in [2.05, 4.69) is 19.2 Å². The molecule has 0 aromatic heterocycles. The van der Waals surface area contributed by atoms with Crippen LogP contribution >= 0.6 is 0 Å². The van der Waals surface area contributed by atoms with Crippen LogP contribution in [-0.2, 0) is 18.9 Å². The molecular formula is C16H35NO4. The summed E-state index contributed by atoms with van der Waals surface area (Å²) in [5.74, 6) is 0. The Labute approximate surface area is 130 Å². The fraction of sp³-hybridized carbons (Fsp3) is 1.00. The summed E-state index contributed by atoms with van der Waals surface area (Å²) in [7, 11) is 1.95. The summed E-state index contributed by atoms with van der Waals surface area (Å²) in [6, 6.07) is 0. The van der Waals surface area contributed by atoms with Crippen molar-refractivity contribution in [3.05, 3.63) is 0 Å². The fourth-order valence-electron chi connectivity index (χ4n) is 1.86. The molecule has 0 aliphatic carbocycles. The highest BCUT2D eigenvalue weighted by molar-refractivity contribution is 4.59. The Balaban J connectivity index is 3.17. The van der Waals surface area contributed by atoms with Crippen molar-refractivity contribution in [3.8, 4) is 0 Å². The largest absolute Gasteiger partial charge is 0.379 e. The van der Waals surface area contributed by atoms with Crippen LogP contribution in [-0.4, -0.2) is 65.9 Å². The van der Waals surface area contributed by atoms with Crippen molar-refractivity contribution in [3.63, 3.8) is 0 Å². The third kappa shape index (κ3) is 16.0. The van der Waals surface area contributed by atoms with Gasteiger partial charge in [0.25, 0.3) is 0 Å². The molecule has 0 aromatic carbocycles. The molecule has 0 aliphatic rings. The van der Waals surface area contributed by atoms with Gasteiger partial charge in [-0.2, -0.15) is 0 Å². The maximum absolute atomic E-state index is 5.76. The monoisotopic (exact) mass is 305 g/mol. The van der Waals surface area contributed by atoms with Gasteiger partial charge in [0.15, 0.2) is 0 Å². The van der Waals surface area contributed by atoms with Gasteiger partial charge in [-0.1, -0.05) is 26.7 Å². The first kappa shape index (κ1) is 20.8. The van der Waals surface area contributed by atoms with Crippen LogP contribution < -0.4 is 5.32 Å². The maximum atomic E-state index is 5.76. The van der Waals surface area contributed by atoms with Gasteiger partial charge in [-0.25, -0.2) is 0 Å². The first-order valence-corrected chi connectivity index (χ1v) is 8.34. The molecule has 0 aromatic rings. The van der Waals surface area contributed by atoms with Gasteiger partial charge >= 0.3 is 0 Å². The SMILES string of the molecule is CCCCOCCOCCOCCOC(CCC)CNC. The van der Waals surface area contributed by atoms with E-state index in [9.17, 15) is 0 Å². The van der Waals surface area contributed by atoms with Crippen LogP contribution in [0.3, 0.4) is 0 Å². The molecule has 0 heterocycles. The van der Waals surface area contributed by atoms with Gasteiger partial charge in [0.05, 0.1) is 45.7 Å². The maximum Gasteiger partial charge on any atom is 0.0704 e. The van der Waals surface area contributed by atoms with Gasteiger partial charge in [0.1, 0.15) is 0 Å². The van der Waals surface area contributed by atoms with E-state index in [0.29, 0.717) is 45.7 Å². The normalized spacial score (nSPS) is 12.7.